The number of hydrogen-bond acceptors (Lipinski definition) is 1. The second kappa shape index (κ2) is 6.68. The molecule has 1 aliphatic heterocycles. The third-order valence-electron chi connectivity index (χ3n) is 3.68. The quantitative estimate of drug-likeness (QED) is 0.708. The highest BCUT2D eigenvalue weighted by molar-refractivity contribution is 5.54. The molecule has 0 saturated carbocycles. The van der Waals surface area contributed by atoms with E-state index in [1.165, 1.54) is 68.2 Å². The molecule has 2 rings (SSSR count). The van der Waals surface area contributed by atoms with Crippen LogP contribution in [0.2, 0.25) is 0 Å². The first-order valence-corrected chi connectivity index (χ1v) is 7.26. The van der Waals surface area contributed by atoms with Gasteiger partial charge in [0.05, 0.1) is 0 Å². The van der Waals surface area contributed by atoms with Crippen LogP contribution in [0.4, 0.5) is 5.69 Å². The Morgan fingerprint density at radius 2 is 2.00 bits per heavy atom. The molecule has 0 saturated heterocycles. The Balaban J connectivity index is 1.81. The molecule has 1 heteroatoms. The lowest BCUT2D eigenvalue weighted by molar-refractivity contribution is 0.632. The summed E-state index contributed by atoms with van der Waals surface area (Å²) < 4.78 is 0. The van der Waals surface area contributed by atoms with Gasteiger partial charge in [0.1, 0.15) is 0 Å². The van der Waals surface area contributed by atoms with Crippen LogP contribution >= 0.6 is 0 Å². The van der Waals surface area contributed by atoms with Gasteiger partial charge in [0.25, 0.3) is 0 Å². The van der Waals surface area contributed by atoms with E-state index in [1.807, 2.05) is 0 Å². The SMILES string of the molecule is CCCCCCCc1ccc2c(c1)NCCC2. The lowest BCUT2D eigenvalue weighted by atomic mass is 9.98. The smallest absolute Gasteiger partial charge is 0.0375 e. The number of hydrogen-bond donors (Lipinski definition) is 1. The van der Waals surface area contributed by atoms with Crippen molar-refractivity contribution in [3.05, 3.63) is 29.3 Å². The molecule has 17 heavy (non-hydrogen) atoms. The average molecular weight is 231 g/mol. The molecule has 94 valence electrons. The Kier molecular flexibility index (Phi) is 4.90. The second-order valence-electron chi connectivity index (χ2n) is 5.19. The molecule has 0 aliphatic carbocycles. The topological polar surface area (TPSA) is 12.0 Å². The van der Waals surface area contributed by atoms with Crippen molar-refractivity contribution in [2.24, 2.45) is 0 Å². The fourth-order valence-electron chi connectivity index (χ4n) is 2.60. The highest BCUT2D eigenvalue weighted by Gasteiger charge is 2.08. The van der Waals surface area contributed by atoms with Gasteiger partial charge < -0.3 is 5.32 Å². The molecular weight excluding hydrogens is 206 g/mol. The van der Waals surface area contributed by atoms with Crippen molar-refractivity contribution < 1.29 is 0 Å². The van der Waals surface area contributed by atoms with Gasteiger partial charge in [0.15, 0.2) is 0 Å². The van der Waals surface area contributed by atoms with Gasteiger partial charge >= 0.3 is 0 Å². The predicted octanol–water partition coefficient (Wildman–Crippen LogP) is 4.56. The summed E-state index contributed by atoms with van der Waals surface area (Å²) >= 11 is 0. The van der Waals surface area contributed by atoms with Gasteiger partial charge in [-0.25, -0.2) is 0 Å². The molecule has 0 bridgehead atoms. The number of fused-ring (bicyclic) bond motifs is 1. The first kappa shape index (κ1) is 12.5. The third-order valence-corrected chi connectivity index (χ3v) is 3.68. The standard InChI is InChI=1S/C16H25N/c1-2-3-4-5-6-8-14-10-11-15-9-7-12-17-16(15)13-14/h10-11,13,17H,2-9,12H2,1H3. The first-order chi connectivity index (χ1) is 8.40. The Bertz CT molecular complexity index is 343. The first-order valence-electron chi connectivity index (χ1n) is 7.26. The van der Waals surface area contributed by atoms with E-state index < -0.39 is 0 Å². The zero-order chi connectivity index (χ0) is 11.9. The zero-order valence-electron chi connectivity index (χ0n) is 11.1. The molecule has 0 amide bonds. The summed E-state index contributed by atoms with van der Waals surface area (Å²) in [5.74, 6) is 0. The van der Waals surface area contributed by atoms with E-state index in [-0.39, 0.29) is 0 Å². The van der Waals surface area contributed by atoms with Gasteiger partial charge in [-0.2, -0.15) is 0 Å². The molecule has 0 fully saturated rings. The molecule has 0 radical (unpaired) electrons. The summed E-state index contributed by atoms with van der Waals surface area (Å²) in [7, 11) is 0. The van der Waals surface area contributed by atoms with E-state index in [0.29, 0.717) is 0 Å². The molecule has 0 unspecified atom stereocenters. The Hall–Kier alpha value is -0.980. The number of unbranched alkanes of at least 4 members (excludes halogenated alkanes) is 4. The minimum Gasteiger partial charge on any atom is -0.385 e. The van der Waals surface area contributed by atoms with Gasteiger partial charge in [0, 0.05) is 12.2 Å². The molecule has 1 aromatic carbocycles. The highest BCUT2D eigenvalue weighted by Crippen LogP contribution is 2.23. The second-order valence-corrected chi connectivity index (χ2v) is 5.19. The molecule has 1 aromatic rings. The molecule has 1 nitrogen and oxygen atoms in total. The van der Waals surface area contributed by atoms with E-state index in [1.54, 1.807) is 0 Å². The van der Waals surface area contributed by atoms with Gasteiger partial charge in [-0.1, -0.05) is 44.7 Å². The maximum atomic E-state index is 3.51. The molecule has 1 heterocycles. The molecule has 0 spiro atoms. The summed E-state index contributed by atoms with van der Waals surface area (Å²) in [6, 6.07) is 7.02. The number of rotatable bonds is 6. The summed E-state index contributed by atoms with van der Waals surface area (Å²) in [6.07, 6.45) is 10.6. The summed E-state index contributed by atoms with van der Waals surface area (Å²) in [4.78, 5) is 0. The largest absolute Gasteiger partial charge is 0.385 e. The highest BCUT2D eigenvalue weighted by atomic mass is 14.9. The van der Waals surface area contributed by atoms with Gasteiger partial charge in [-0.15, -0.1) is 0 Å². The van der Waals surface area contributed by atoms with Crippen molar-refractivity contribution in [1.82, 2.24) is 0 Å². The lowest BCUT2D eigenvalue weighted by Crippen LogP contribution is -2.11. The molecule has 0 aromatic heterocycles. The maximum Gasteiger partial charge on any atom is 0.0375 e. The van der Waals surface area contributed by atoms with Crippen molar-refractivity contribution in [2.75, 3.05) is 11.9 Å². The summed E-state index contributed by atoms with van der Waals surface area (Å²) in [6.45, 7) is 3.42. The van der Waals surface area contributed by atoms with Crippen molar-refractivity contribution in [1.29, 1.82) is 0 Å². The van der Waals surface area contributed by atoms with Crippen molar-refractivity contribution in [3.63, 3.8) is 0 Å². The average Bonchev–Trinajstić information content (AvgIpc) is 2.38. The van der Waals surface area contributed by atoms with E-state index in [2.05, 4.69) is 30.4 Å². The monoisotopic (exact) mass is 231 g/mol. The van der Waals surface area contributed by atoms with Gasteiger partial charge in [0.2, 0.25) is 0 Å². The molecule has 0 atom stereocenters. The van der Waals surface area contributed by atoms with Gasteiger partial charge in [-0.3, -0.25) is 0 Å². The van der Waals surface area contributed by atoms with Crippen LogP contribution in [0.1, 0.15) is 56.6 Å². The normalized spacial score (nSPS) is 14.2. The van der Waals surface area contributed by atoms with E-state index >= 15 is 0 Å². The van der Waals surface area contributed by atoms with Crippen LogP contribution in [0.5, 0.6) is 0 Å². The van der Waals surface area contributed by atoms with Gasteiger partial charge in [-0.05, 0) is 42.9 Å². The fraction of sp³-hybridized carbons (Fsp3) is 0.625. The van der Waals surface area contributed by atoms with Crippen molar-refractivity contribution in [3.8, 4) is 0 Å². The zero-order valence-corrected chi connectivity index (χ0v) is 11.1. The Labute approximate surface area is 106 Å². The fourth-order valence-corrected chi connectivity index (χ4v) is 2.60. The number of benzene rings is 1. The van der Waals surface area contributed by atoms with Crippen LogP contribution in [0.15, 0.2) is 18.2 Å². The van der Waals surface area contributed by atoms with Crippen molar-refractivity contribution >= 4 is 5.69 Å². The number of nitrogens with one attached hydrogen (secondary N) is 1. The van der Waals surface area contributed by atoms with Crippen LogP contribution in [0, 0.1) is 0 Å². The number of aryl methyl sites for hydroxylation is 2. The summed E-state index contributed by atoms with van der Waals surface area (Å²) in [5, 5.41) is 3.51. The Morgan fingerprint density at radius 3 is 2.88 bits per heavy atom. The predicted molar refractivity (Wildman–Crippen MR) is 75.7 cm³/mol. The lowest BCUT2D eigenvalue weighted by Gasteiger charge is -2.18. The third kappa shape index (κ3) is 3.76. The van der Waals surface area contributed by atoms with Crippen LogP contribution in [-0.2, 0) is 12.8 Å². The van der Waals surface area contributed by atoms with E-state index in [0.717, 1.165) is 6.54 Å². The Morgan fingerprint density at radius 1 is 1.12 bits per heavy atom. The van der Waals surface area contributed by atoms with Crippen molar-refractivity contribution in [2.45, 2.75) is 58.3 Å². The minimum atomic E-state index is 1.15. The van der Waals surface area contributed by atoms with Crippen LogP contribution < -0.4 is 5.32 Å². The van der Waals surface area contributed by atoms with E-state index in [4.69, 9.17) is 0 Å². The van der Waals surface area contributed by atoms with Crippen LogP contribution in [0.3, 0.4) is 0 Å². The maximum absolute atomic E-state index is 3.51. The van der Waals surface area contributed by atoms with E-state index in [9.17, 15) is 0 Å². The van der Waals surface area contributed by atoms with Crippen LogP contribution in [0.25, 0.3) is 0 Å². The molecule has 1 N–H and O–H groups in total. The minimum absolute atomic E-state index is 1.15. The molecule has 1 aliphatic rings. The number of anilines is 1. The summed E-state index contributed by atoms with van der Waals surface area (Å²) in [5.41, 5.74) is 4.41. The van der Waals surface area contributed by atoms with Crippen LogP contribution in [-0.4, -0.2) is 6.54 Å². The molecular formula is C16H25N.